The zero-order valence-electron chi connectivity index (χ0n) is 12.3. The molecule has 0 saturated carbocycles. The molecule has 0 unspecified atom stereocenters. The fourth-order valence-corrected chi connectivity index (χ4v) is 1.73. The second kappa shape index (κ2) is 8.72. The van der Waals surface area contributed by atoms with Crippen LogP contribution in [0, 0.1) is 11.3 Å². The van der Waals surface area contributed by atoms with E-state index in [1.165, 1.54) is 7.11 Å². The third kappa shape index (κ3) is 6.06. The Morgan fingerprint density at radius 1 is 1.29 bits per heavy atom. The summed E-state index contributed by atoms with van der Waals surface area (Å²) >= 11 is 0. The van der Waals surface area contributed by atoms with E-state index in [2.05, 4.69) is 16.1 Å². The number of anilines is 1. The van der Waals surface area contributed by atoms with Crippen LogP contribution >= 0.6 is 0 Å². The Bertz CT molecular complexity index is 520. The van der Waals surface area contributed by atoms with E-state index in [-0.39, 0.29) is 25.0 Å². The molecule has 1 aromatic carbocycles. The molecule has 112 valence electrons. The summed E-state index contributed by atoms with van der Waals surface area (Å²) < 4.78 is 4.58. The molecular weight excluding hydrogens is 270 g/mol. The Morgan fingerprint density at radius 2 is 1.95 bits per heavy atom. The molecule has 0 aliphatic carbocycles. The molecule has 1 rings (SSSR count). The van der Waals surface area contributed by atoms with Gasteiger partial charge >= 0.3 is 5.97 Å². The summed E-state index contributed by atoms with van der Waals surface area (Å²) in [7, 11) is 1.32. The molecule has 0 fully saturated rings. The summed E-state index contributed by atoms with van der Waals surface area (Å²) in [4.78, 5) is 24.8. The SMILES string of the molecule is CCN(CC(=O)Nc1ccc(CC#N)cc1)CC(=O)OC. The number of methoxy groups -OCH3 is 1. The molecule has 1 N–H and O–H groups in total. The largest absolute Gasteiger partial charge is 0.468 e. The second-order valence-corrected chi connectivity index (χ2v) is 4.46. The van der Waals surface area contributed by atoms with Crippen molar-refractivity contribution in [3.63, 3.8) is 0 Å². The highest BCUT2D eigenvalue weighted by Crippen LogP contribution is 2.09. The zero-order chi connectivity index (χ0) is 15.7. The van der Waals surface area contributed by atoms with Crippen LogP contribution < -0.4 is 5.32 Å². The molecule has 0 aliphatic heterocycles. The predicted octanol–water partition coefficient (Wildman–Crippen LogP) is 1.19. The first-order valence-electron chi connectivity index (χ1n) is 6.64. The first kappa shape index (κ1) is 16.7. The van der Waals surface area contributed by atoms with Gasteiger partial charge in [0.25, 0.3) is 0 Å². The maximum Gasteiger partial charge on any atom is 0.319 e. The maximum absolute atomic E-state index is 11.9. The first-order chi connectivity index (χ1) is 10.1. The average Bonchev–Trinajstić information content (AvgIpc) is 2.48. The van der Waals surface area contributed by atoms with Crippen molar-refractivity contribution >= 4 is 17.6 Å². The molecule has 1 aromatic rings. The molecule has 6 heteroatoms. The van der Waals surface area contributed by atoms with E-state index < -0.39 is 0 Å². The number of carbonyl (C=O) groups excluding carboxylic acids is 2. The molecule has 0 saturated heterocycles. The molecule has 0 aromatic heterocycles. The maximum atomic E-state index is 11.9. The van der Waals surface area contributed by atoms with Crippen molar-refractivity contribution in [2.45, 2.75) is 13.3 Å². The van der Waals surface area contributed by atoms with Crippen molar-refractivity contribution in [3.05, 3.63) is 29.8 Å². The van der Waals surface area contributed by atoms with Crippen LogP contribution in [0.25, 0.3) is 0 Å². The van der Waals surface area contributed by atoms with Gasteiger partial charge in [0.15, 0.2) is 0 Å². The number of ether oxygens (including phenoxy) is 1. The highest BCUT2D eigenvalue weighted by Gasteiger charge is 2.13. The van der Waals surface area contributed by atoms with Crippen molar-refractivity contribution in [1.82, 2.24) is 4.90 Å². The van der Waals surface area contributed by atoms with Gasteiger partial charge in [-0.05, 0) is 24.2 Å². The van der Waals surface area contributed by atoms with Crippen molar-refractivity contribution in [2.24, 2.45) is 0 Å². The summed E-state index contributed by atoms with van der Waals surface area (Å²) in [6.07, 6.45) is 0.344. The Hall–Kier alpha value is -2.39. The number of benzene rings is 1. The molecular formula is C15H19N3O3. The minimum absolute atomic E-state index is 0.0848. The molecule has 21 heavy (non-hydrogen) atoms. The van der Waals surface area contributed by atoms with Crippen LogP contribution in [0.2, 0.25) is 0 Å². The lowest BCUT2D eigenvalue weighted by molar-refractivity contribution is -0.142. The van der Waals surface area contributed by atoms with E-state index in [0.29, 0.717) is 18.7 Å². The van der Waals surface area contributed by atoms with Gasteiger partial charge in [0.2, 0.25) is 5.91 Å². The summed E-state index contributed by atoms with van der Waals surface area (Å²) in [6, 6.07) is 9.16. The number of nitrogens with one attached hydrogen (secondary N) is 1. The number of amides is 1. The molecule has 0 heterocycles. The summed E-state index contributed by atoms with van der Waals surface area (Å²) in [5, 5.41) is 11.3. The van der Waals surface area contributed by atoms with E-state index in [0.717, 1.165) is 5.56 Å². The fraction of sp³-hybridized carbons (Fsp3) is 0.400. The summed E-state index contributed by atoms with van der Waals surface area (Å²) in [5.74, 6) is -0.570. The third-order valence-corrected chi connectivity index (χ3v) is 2.92. The van der Waals surface area contributed by atoms with E-state index in [1.54, 1.807) is 29.2 Å². The fourth-order valence-electron chi connectivity index (χ4n) is 1.73. The number of hydrogen-bond donors (Lipinski definition) is 1. The van der Waals surface area contributed by atoms with Crippen molar-refractivity contribution < 1.29 is 14.3 Å². The number of nitrogens with zero attached hydrogens (tertiary/aromatic N) is 2. The molecule has 0 spiro atoms. The quantitative estimate of drug-likeness (QED) is 0.762. The number of hydrogen-bond acceptors (Lipinski definition) is 5. The van der Waals surface area contributed by atoms with E-state index >= 15 is 0 Å². The lowest BCUT2D eigenvalue weighted by Gasteiger charge is -2.18. The molecule has 1 amide bonds. The monoisotopic (exact) mass is 289 g/mol. The van der Waals surface area contributed by atoms with E-state index in [4.69, 9.17) is 5.26 Å². The Kier molecular flexibility index (Phi) is 6.92. The molecule has 6 nitrogen and oxygen atoms in total. The van der Waals surface area contributed by atoms with Gasteiger partial charge in [-0.1, -0.05) is 19.1 Å². The molecule has 0 bridgehead atoms. The summed E-state index contributed by atoms with van der Waals surface area (Å²) in [6.45, 7) is 2.64. The van der Waals surface area contributed by atoms with E-state index in [9.17, 15) is 9.59 Å². The van der Waals surface area contributed by atoms with Gasteiger partial charge in [-0.3, -0.25) is 14.5 Å². The summed E-state index contributed by atoms with van der Waals surface area (Å²) in [5.41, 5.74) is 1.56. The van der Waals surface area contributed by atoms with Gasteiger partial charge in [0.05, 0.1) is 32.7 Å². The Balaban J connectivity index is 2.52. The first-order valence-corrected chi connectivity index (χ1v) is 6.64. The normalized spacial score (nSPS) is 10.0. The van der Waals surface area contributed by atoms with Gasteiger partial charge in [0.1, 0.15) is 0 Å². The number of esters is 1. The second-order valence-electron chi connectivity index (χ2n) is 4.46. The predicted molar refractivity (Wildman–Crippen MR) is 78.5 cm³/mol. The van der Waals surface area contributed by atoms with Crippen molar-refractivity contribution in [2.75, 3.05) is 32.1 Å². The molecule has 0 radical (unpaired) electrons. The van der Waals surface area contributed by atoms with Crippen LogP contribution in [0.4, 0.5) is 5.69 Å². The molecule has 0 atom stereocenters. The van der Waals surface area contributed by atoms with Crippen molar-refractivity contribution in [1.29, 1.82) is 5.26 Å². The van der Waals surface area contributed by atoms with Crippen LogP contribution in [-0.4, -0.2) is 43.5 Å². The van der Waals surface area contributed by atoms with Crippen LogP contribution in [0.5, 0.6) is 0 Å². The topological polar surface area (TPSA) is 82.4 Å². The average molecular weight is 289 g/mol. The Morgan fingerprint density at radius 3 is 2.48 bits per heavy atom. The standard InChI is InChI=1S/C15H19N3O3/c1-3-18(11-15(20)21-2)10-14(19)17-13-6-4-12(5-7-13)8-9-16/h4-7H,3,8,10-11H2,1-2H3,(H,17,19). The van der Waals surface area contributed by atoms with E-state index in [1.807, 2.05) is 6.92 Å². The minimum Gasteiger partial charge on any atom is -0.468 e. The molecule has 0 aliphatic rings. The van der Waals surface area contributed by atoms with Gasteiger partial charge in [0, 0.05) is 5.69 Å². The Labute approximate surface area is 124 Å². The lowest BCUT2D eigenvalue weighted by Crippen LogP contribution is -2.37. The lowest BCUT2D eigenvalue weighted by atomic mass is 10.1. The van der Waals surface area contributed by atoms with Crippen LogP contribution in [0.3, 0.4) is 0 Å². The van der Waals surface area contributed by atoms with Crippen LogP contribution in [0.15, 0.2) is 24.3 Å². The van der Waals surface area contributed by atoms with Gasteiger partial charge in [-0.25, -0.2) is 0 Å². The zero-order valence-corrected chi connectivity index (χ0v) is 12.3. The number of likely N-dealkylation sites (N-methyl/N-ethyl adjacent to an activating group) is 1. The number of carbonyl (C=O) groups is 2. The minimum atomic E-state index is -0.370. The van der Waals surface area contributed by atoms with Gasteiger partial charge < -0.3 is 10.1 Å². The number of rotatable bonds is 7. The van der Waals surface area contributed by atoms with Crippen LogP contribution in [-0.2, 0) is 20.7 Å². The highest BCUT2D eigenvalue weighted by atomic mass is 16.5. The van der Waals surface area contributed by atoms with Gasteiger partial charge in [-0.2, -0.15) is 5.26 Å². The van der Waals surface area contributed by atoms with Gasteiger partial charge in [-0.15, -0.1) is 0 Å². The number of nitriles is 1. The van der Waals surface area contributed by atoms with Crippen molar-refractivity contribution in [3.8, 4) is 6.07 Å². The smallest absolute Gasteiger partial charge is 0.319 e. The third-order valence-electron chi connectivity index (χ3n) is 2.92. The van der Waals surface area contributed by atoms with Crippen LogP contribution in [0.1, 0.15) is 12.5 Å². The highest BCUT2D eigenvalue weighted by molar-refractivity contribution is 5.92.